The normalized spacial score (nSPS) is 16.2. The second kappa shape index (κ2) is 9.29. The second-order valence-electron chi connectivity index (χ2n) is 6.15. The number of pyridine rings is 1. The molecule has 1 aliphatic heterocycles. The van der Waals surface area contributed by atoms with Gasteiger partial charge in [-0.2, -0.15) is 5.10 Å². The first-order valence-electron chi connectivity index (χ1n) is 8.59. The zero-order valence-electron chi connectivity index (χ0n) is 14.8. The molecule has 9 heteroatoms. The maximum atomic E-state index is 12.5. The molecular weight excluding hydrogens is 446 g/mol. The minimum absolute atomic E-state index is 0. The minimum Gasteiger partial charge on any atom is -0.371 e. The number of carbonyl (C=O) groups is 1. The number of amides is 1. The number of benzene rings is 1. The number of nitrogens with zero attached hydrogens (tertiary/aromatic N) is 3. The van der Waals surface area contributed by atoms with Gasteiger partial charge in [-0.25, -0.2) is 9.67 Å². The van der Waals surface area contributed by atoms with Crippen molar-refractivity contribution in [3.05, 3.63) is 70.6 Å². The van der Waals surface area contributed by atoms with Crippen molar-refractivity contribution in [3.8, 4) is 5.82 Å². The van der Waals surface area contributed by atoms with Gasteiger partial charge in [0.25, 0.3) is 5.91 Å². The van der Waals surface area contributed by atoms with Gasteiger partial charge in [0.2, 0.25) is 0 Å². The number of carbonyl (C=O) groups excluding carboxylic acids is 1. The first-order valence-corrected chi connectivity index (χ1v) is 9.38. The van der Waals surface area contributed by atoms with Crippen LogP contribution in [-0.2, 0) is 4.74 Å². The van der Waals surface area contributed by atoms with Gasteiger partial charge in [0.05, 0.1) is 24.5 Å². The van der Waals surface area contributed by atoms with Crippen molar-refractivity contribution in [1.29, 1.82) is 0 Å². The number of anilines is 1. The summed E-state index contributed by atoms with van der Waals surface area (Å²) in [6, 6.07) is 11.4. The molecule has 0 unspecified atom stereocenters. The Kier molecular flexibility index (Phi) is 6.79. The van der Waals surface area contributed by atoms with E-state index in [4.69, 9.17) is 4.74 Å². The summed E-state index contributed by atoms with van der Waals surface area (Å²) in [6.07, 6.45) is 4.92. The third kappa shape index (κ3) is 4.77. The molecule has 0 bridgehead atoms. The van der Waals surface area contributed by atoms with Crippen LogP contribution in [0.1, 0.15) is 22.0 Å². The van der Waals surface area contributed by atoms with E-state index in [2.05, 4.69) is 36.6 Å². The summed E-state index contributed by atoms with van der Waals surface area (Å²) in [5, 5.41) is 10.4. The minimum atomic E-state index is -0.221. The molecule has 1 amide bonds. The van der Waals surface area contributed by atoms with E-state index in [1.807, 2.05) is 36.4 Å². The molecule has 2 aromatic heterocycles. The molecule has 1 aliphatic rings. The van der Waals surface area contributed by atoms with E-state index in [1.54, 1.807) is 17.1 Å². The number of aromatic nitrogens is 3. The Labute approximate surface area is 177 Å². The lowest BCUT2D eigenvalue weighted by atomic mass is 10.1. The van der Waals surface area contributed by atoms with E-state index in [9.17, 15) is 4.79 Å². The van der Waals surface area contributed by atoms with E-state index >= 15 is 0 Å². The summed E-state index contributed by atoms with van der Waals surface area (Å²) in [5.41, 5.74) is 2.28. The fourth-order valence-electron chi connectivity index (χ4n) is 2.83. The van der Waals surface area contributed by atoms with Crippen LogP contribution in [0.3, 0.4) is 0 Å². The quantitative estimate of drug-likeness (QED) is 0.619. The molecule has 1 atom stereocenters. The van der Waals surface area contributed by atoms with Crippen molar-refractivity contribution in [1.82, 2.24) is 20.1 Å². The highest BCUT2D eigenvalue weighted by molar-refractivity contribution is 9.10. The van der Waals surface area contributed by atoms with Crippen LogP contribution in [-0.4, -0.2) is 40.4 Å². The van der Waals surface area contributed by atoms with Crippen LogP contribution in [0.25, 0.3) is 5.82 Å². The summed E-state index contributed by atoms with van der Waals surface area (Å²) in [7, 11) is 0. The molecule has 7 nitrogen and oxygen atoms in total. The Bertz CT molecular complexity index is 924. The van der Waals surface area contributed by atoms with Crippen LogP contribution >= 0.6 is 28.3 Å². The predicted octanol–water partition coefficient (Wildman–Crippen LogP) is 3.36. The number of halogens is 2. The Morgan fingerprint density at radius 1 is 1.21 bits per heavy atom. The predicted molar refractivity (Wildman–Crippen MR) is 112 cm³/mol. The summed E-state index contributed by atoms with van der Waals surface area (Å²) >= 11 is 3.35. The van der Waals surface area contributed by atoms with Crippen LogP contribution in [0, 0.1) is 0 Å². The van der Waals surface area contributed by atoms with Crippen molar-refractivity contribution in [2.24, 2.45) is 0 Å². The molecule has 0 spiro atoms. The van der Waals surface area contributed by atoms with E-state index in [0.717, 1.165) is 28.8 Å². The molecule has 1 fully saturated rings. The number of rotatable bonds is 4. The number of hydrogen-bond donors (Lipinski definition) is 2. The Morgan fingerprint density at radius 2 is 2.04 bits per heavy atom. The molecule has 2 N–H and O–H groups in total. The van der Waals surface area contributed by atoms with Crippen molar-refractivity contribution >= 4 is 39.9 Å². The molecule has 1 saturated heterocycles. The SMILES string of the molecule is Cl.O=C(Nc1ccc([C@H]2CNCCO2)cc1)c1cnn(-c2ccc(Br)cn2)c1. The van der Waals surface area contributed by atoms with E-state index < -0.39 is 0 Å². The third-order valence-electron chi connectivity index (χ3n) is 4.26. The van der Waals surface area contributed by atoms with Crippen molar-refractivity contribution < 1.29 is 9.53 Å². The molecule has 3 aromatic rings. The molecule has 3 heterocycles. The van der Waals surface area contributed by atoms with Crippen LogP contribution in [0.4, 0.5) is 5.69 Å². The molecule has 146 valence electrons. The highest BCUT2D eigenvalue weighted by Crippen LogP contribution is 2.21. The molecule has 4 rings (SSSR count). The van der Waals surface area contributed by atoms with Gasteiger partial charge in [-0.3, -0.25) is 4.79 Å². The standard InChI is InChI=1S/C19H18BrN5O2.ClH/c20-15-3-6-18(22-10-15)25-12-14(9-23-25)19(26)24-16-4-1-13(2-5-16)17-11-21-7-8-27-17;/h1-6,9-10,12,17,21H,7-8,11H2,(H,24,26);1H/t17-;/m1./s1. The van der Waals surface area contributed by atoms with Gasteiger partial charge in [-0.1, -0.05) is 12.1 Å². The maximum absolute atomic E-state index is 12.5. The van der Waals surface area contributed by atoms with Gasteiger partial charge in [-0.05, 0) is 45.8 Å². The monoisotopic (exact) mass is 463 g/mol. The first kappa shape index (κ1) is 20.5. The van der Waals surface area contributed by atoms with Crippen molar-refractivity contribution in [2.75, 3.05) is 25.0 Å². The zero-order valence-corrected chi connectivity index (χ0v) is 17.2. The van der Waals surface area contributed by atoms with Gasteiger partial charge in [0.15, 0.2) is 5.82 Å². The Morgan fingerprint density at radius 3 is 2.71 bits per heavy atom. The van der Waals surface area contributed by atoms with Gasteiger partial charge in [0.1, 0.15) is 0 Å². The summed E-state index contributed by atoms with van der Waals surface area (Å²) in [6.45, 7) is 2.39. The smallest absolute Gasteiger partial charge is 0.258 e. The Balaban J connectivity index is 0.00000225. The lowest BCUT2D eigenvalue weighted by Gasteiger charge is -2.24. The molecule has 0 radical (unpaired) electrons. The number of ether oxygens (including phenoxy) is 1. The lowest BCUT2D eigenvalue weighted by Crippen LogP contribution is -2.33. The number of hydrogen-bond acceptors (Lipinski definition) is 5. The van der Waals surface area contributed by atoms with E-state index in [1.165, 1.54) is 6.20 Å². The van der Waals surface area contributed by atoms with Crippen LogP contribution < -0.4 is 10.6 Å². The zero-order chi connectivity index (χ0) is 18.6. The topological polar surface area (TPSA) is 81.1 Å². The van der Waals surface area contributed by atoms with Crippen LogP contribution in [0.2, 0.25) is 0 Å². The van der Waals surface area contributed by atoms with Crippen molar-refractivity contribution in [2.45, 2.75) is 6.10 Å². The average molecular weight is 465 g/mol. The maximum Gasteiger partial charge on any atom is 0.258 e. The van der Waals surface area contributed by atoms with Gasteiger partial charge >= 0.3 is 0 Å². The number of nitrogens with one attached hydrogen (secondary N) is 2. The average Bonchev–Trinajstić information content (AvgIpc) is 3.20. The largest absolute Gasteiger partial charge is 0.371 e. The second-order valence-corrected chi connectivity index (χ2v) is 7.06. The highest BCUT2D eigenvalue weighted by atomic mass is 79.9. The molecule has 1 aromatic carbocycles. The number of morpholine rings is 1. The molecular formula is C19H19BrClN5O2. The van der Waals surface area contributed by atoms with E-state index in [0.29, 0.717) is 18.0 Å². The fourth-order valence-corrected chi connectivity index (χ4v) is 3.07. The van der Waals surface area contributed by atoms with Crippen molar-refractivity contribution in [3.63, 3.8) is 0 Å². The molecule has 28 heavy (non-hydrogen) atoms. The summed E-state index contributed by atoms with van der Waals surface area (Å²) in [5.74, 6) is 0.421. The van der Waals surface area contributed by atoms with Gasteiger partial charge in [-0.15, -0.1) is 12.4 Å². The van der Waals surface area contributed by atoms with Crippen LogP contribution in [0.15, 0.2) is 59.5 Å². The van der Waals surface area contributed by atoms with Gasteiger partial charge in [0, 0.05) is 35.6 Å². The molecule has 0 aliphatic carbocycles. The van der Waals surface area contributed by atoms with E-state index in [-0.39, 0.29) is 24.4 Å². The highest BCUT2D eigenvalue weighted by Gasteiger charge is 2.16. The fraction of sp³-hybridized carbons (Fsp3) is 0.211. The van der Waals surface area contributed by atoms with Crippen LogP contribution in [0.5, 0.6) is 0 Å². The molecule has 0 saturated carbocycles. The Hall–Kier alpha value is -2.26. The summed E-state index contributed by atoms with van der Waals surface area (Å²) in [4.78, 5) is 16.7. The van der Waals surface area contributed by atoms with Gasteiger partial charge < -0.3 is 15.4 Å². The summed E-state index contributed by atoms with van der Waals surface area (Å²) < 4.78 is 8.19. The third-order valence-corrected chi connectivity index (χ3v) is 4.73. The lowest BCUT2D eigenvalue weighted by molar-refractivity contribution is 0.0277. The first-order chi connectivity index (χ1) is 13.2.